The van der Waals surface area contributed by atoms with E-state index in [2.05, 4.69) is 25.6 Å². The summed E-state index contributed by atoms with van der Waals surface area (Å²) in [5.74, 6) is 0.609. The predicted octanol–water partition coefficient (Wildman–Crippen LogP) is 1.35. The van der Waals surface area contributed by atoms with E-state index in [0.29, 0.717) is 5.82 Å². The second-order valence-corrected chi connectivity index (χ2v) is 2.98. The summed E-state index contributed by atoms with van der Waals surface area (Å²) in [6, 6.07) is 7.99. The summed E-state index contributed by atoms with van der Waals surface area (Å²) >= 11 is 0. The van der Waals surface area contributed by atoms with Crippen LogP contribution in [0.1, 0.15) is 0 Å². The van der Waals surface area contributed by atoms with Gasteiger partial charge in [0.2, 0.25) is 5.82 Å². The zero-order valence-electron chi connectivity index (χ0n) is 7.23. The van der Waals surface area contributed by atoms with Crippen LogP contribution in [0.15, 0.2) is 30.5 Å². The van der Waals surface area contributed by atoms with Crippen molar-refractivity contribution in [2.24, 2.45) is 0 Å². The van der Waals surface area contributed by atoms with E-state index in [1.807, 2.05) is 30.5 Å². The van der Waals surface area contributed by atoms with Gasteiger partial charge >= 0.3 is 0 Å². The van der Waals surface area contributed by atoms with Gasteiger partial charge in [-0.2, -0.15) is 5.21 Å². The number of H-pyrrole nitrogens is 2. The molecular formula is C9H7N5. The lowest BCUT2D eigenvalue weighted by Gasteiger charge is -1.96. The van der Waals surface area contributed by atoms with Crippen molar-refractivity contribution in [2.75, 3.05) is 0 Å². The molecule has 5 nitrogen and oxygen atoms in total. The average molecular weight is 185 g/mol. The highest BCUT2D eigenvalue weighted by molar-refractivity contribution is 5.92. The topological polar surface area (TPSA) is 70.2 Å². The van der Waals surface area contributed by atoms with Crippen molar-refractivity contribution >= 4 is 10.9 Å². The fraction of sp³-hybridized carbons (Fsp3) is 0. The molecule has 0 aliphatic heterocycles. The van der Waals surface area contributed by atoms with Crippen LogP contribution in [0.3, 0.4) is 0 Å². The Morgan fingerprint density at radius 3 is 3.00 bits per heavy atom. The van der Waals surface area contributed by atoms with Crippen LogP contribution < -0.4 is 0 Å². The molecular weight excluding hydrogens is 178 g/mol. The molecule has 0 saturated heterocycles. The van der Waals surface area contributed by atoms with Gasteiger partial charge in [0.05, 0.1) is 5.52 Å². The van der Waals surface area contributed by atoms with E-state index < -0.39 is 0 Å². The smallest absolute Gasteiger partial charge is 0.206 e. The molecule has 0 bridgehead atoms. The number of nitrogens with one attached hydrogen (secondary N) is 2. The SMILES string of the molecule is c1cc(-c2nn[nH]n2)c2[nH]ccc2c1. The van der Waals surface area contributed by atoms with E-state index >= 15 is 0 Å². The third-order valence-electron chi connectivity index (χ3n) is 2.17. The van der Waals surface area contributed by atoms with Gasteiger partial charge in [0, 0.05) is 17.1 Å². The Bertz CT molecular complexity index is 551. The van der Waals surface area contributed by atoms with Crippen LogP contribution in [0.5, 0.6) is 0 Å². The van der Waals surface area contributed by atoms with Crippen molar-refractivity contribution in [1.29, 1.82) is 0 Å². The Morgan fingerprint density at radius 1 is 1.14 bits per heavy atom. The lowest BCUT2D eigenvalue weighted by molar-refractivity contribution is 0.881. The summed E-state index contributed by atoms with van der Waals surface area (Å²) in [5, 5.41) is 15.0. The minimum Gasteiger partial charge on any atom is -0.361 e. The Hall–Kier alpha value is -2.17. The summed E-state index contributed by atoms with van der Waals surface area (Å²) in [6.45, 7) is 0. The number of fused-ring (bicyclic) bond motifs is 1. The maximum absolute atomic E-state index is 3.95. The second kappa shape index (κ2) is 2.66. The predicted molar refractivity (Wildman–Crippen MR) is 51.5 cm³/mol. The minimum atomic E-state index is 0.609. The molecule has 0 fully saturated rings. The first-order valence-electron chi connectivity index (χ1n) is 4.25. The molecule has 0 atom stereocenters. The molecule has 1 aromatic carbocycles. The molecule has 0 aliphatic carbocycles. The van der Waals surface area contributed by atoms with Gasteiger partial charge in [0.15, 0.2) is 0 Å². The Kier molecular flexibility index (Phi) is 1.38. The van der Waals surface area contributed by atoms with E-state index in [-0.39, 0.29) is 0 Å². The molecule has 5 heteroatoms. The fourth-order valence-electron chi connectivity index (χ4n) is 1.55. The van der Waals surface area contributed by atoms with E-state index in [4.69, 9.17) is 0 Å². The Balaban J connectivity index is 2.36. The van der Waals surface area contributed by atoms with E-state index in [9.17, 15) is 0 Å². The minimum absolute atomic E-state index is 0.609. The number of rotatable bonds is 1. The fourth-order valence-corrected chi connectivity index (χ4v) is 1.55. The number of tetrazole rings is 1. The zero-order valence-corrected chi connectivity index (χ0v) is 7.23. The first-order valence-corrected chi connectivity index (χ1v) is 4.25. The molecule has 3 aromatic rings. The van der Waals surface area contributed by atoms with Crippen molar-refractivity contribution in [3.8, 4) is 11.4 Å². The third-order valence-corrected chi connectivity index (χ3v) is 2.17. The van der Waals surface area contributed by atoms with Crippen LogP contribution in [0.4, 0.5) is 0 Å². The molecule has 2 N–H and O–H groups in total. The van der Waals surface area contributed by atoms with Gasteiger partial charge in [0.25, 0.3) is 0 Å². The largest absolute Gasteiger partial charge is 0.361 e. The number of nitrogens with zero attached hydrogens (tertiary/aromatic N) is 3. The van der Waals surface area contributed by atoms with Gasteiger partial charge in [-0.1, -0.05) is 12.1 Å². The molecule has 0 spiro atoms. The molecule has 68 valence electrons. The van der Waals surface area contributed by atoms with Crippen molar-refractivity contribution < 1.29 is 0 Å². The van der Waals surface area contributed by atoms with Gasteiger partial charge in [-0.3, -0.25) is 0 Å². The first-order chi connectivity index (χ1) is 6.95. The van der Waals surface area contributed by atoms with Gasteiger partial charge < -0.3 is 4.98 Å². The normalized spacial score (nSPS) is 10.9. The summed E-state index contributed by atoms with van der Waals surface area (Å²) in [4.78, 5) is 3.15. The van der Waals surface area contributed by atoms with Crippen LogP contribution in [0.2, 0.25) is 0 Å². The van der Waals surface area contributed by atoms with Crippen molar-refractivity contribution in [3.63, 3.8) is 0 Å². The van der Waals surface area contributed by atoms with Gasteiger partial charge in [0.1, 0.15) is 0 Å². The summed E-state index contributed by atoms with van der Waals surface area (Å²) in [7, 11) is 0. The Labute approximate surface area is 79.2 Å². The van der Waals surface area contributed by atoms with E-state index in [1.165, 1.54) is 0 Å². The van der Waals surface area contributed by atoms with Gasteiger partial charge in [-0.05, 0) is 17.3 Å². The number of aromatic nitrogens is 5. The van der Waals surface area contributed by atoms with Gasteiger partial charge in [-0.25, -0.2) is 0 Å². The highest BCUT2D eigenvalue weighted by Crippen LogP contribution is 2.23. The molecule has 0 amide bonds. The molecule has 0 unspecified atom stereocenters. The highest BCUT2D eigenvalue weighted by atomic mass is 15.5. The number of para-hydroxylation sites is 1. The molecule has 0 saturated carbocycles. The highest BCUT2D eigenvalue weighted by Gasteiger charge is 2.07. The standard InChI is InChI=1S/C9H7N5/c1-2-6-4-5-10-8(6)7(3-1)9-11-13-14-12-9/h1-5,10H,(H,11,12,13,14). The van der Waals surface area contributed by atoms with Crippen LogP contribution in [0.25, 0.3) is 22.3 Å². The molecule has 2 aromatic heterocycles. The van der Waals surface area contributed by atoms with Crippen LogP contribution in [0, 0.1) is 0 Å². The van der Waals surface area contributed by atoms with Crippen LogP contribution in [-0.4, -0.2) is 25.6 Å². The first kappa shape index (κ1) is 7.25. The van der Waals surface area contributed by atoms with Crippen LogP contribution in [-0.2, 0) is 0 Å². The monoisotopic (exact) mass is 185 g/mol. The van der Waals surface area contributed by atoms with Crippen molar-refractivity contribution in [3.05, 3.63) is 30.5 Å². The maximum atomic E-state index is 3.95. The quantitative estimate of drug-likeness (QED) is 0.601. The lowest BCUT2D eigenvalue weighted by Crippen LogP contribution is -1.82. The maximum Gasteiger partial charge on any atom is 0.206 e. The summed E-state index contributed by atoms with van der Waals surface area (Å²) in [5.41, 5.74) is 2.00. The van der Waals surface area contributed by atoms with E-state index in [1.54, 1.807) is 0 Å². The van der Waals surface area contributed by atoms with Crippen molar-refractivity contribution in [1.82, 2.24) is 25.6 Å². The molecule has 14 heavy (non-hydrogen) atoms. The Morgan fingerprint density at radius 2 is 2.14 bits per heavy atom. The zero-order chi connectivity index (χ0) is 9.38. The average Bonchev–Trinajstić information content (AvgIpc) is 2.88. The molecule has 2 heterocycles. The van der Waals surface area contributed by atoms with Crippen LogP contribution >= 0.6 is 0 Å². The number of hydrogen-bond acceptors (Lipinski definition) is 3. The van der Waals surface area contributed by atoms with Gasteiger partial charge in [-0.15, -0.1) is 10.2 Å². The molecule has 0 aliphatic rings. The summed E-state index contributed by atoms with van der Waals surface area (Å²) in [6.07, 6.45) is 1.90. The third kappa shape index (κ3) is 0.922. The molecule has 3 rings (SSSR count). The molecule has 0 radical (unpaired) electrons. The van der Waals surface area contributed by atoms with Crippen molar-refractivity contribution in [2.45, 2.75) is 0 Å². The number of hydrogen-bond donors (Lipinski definition) is 2. The lowest BCUT2D eigenvalue weighted by atomic mass is 10.1. The number of benzene rings is 1. The number of aromatic amines is 2. The van der Waals surface area contributed by atoms with E-state index in [0.717, 1.165) is 16.5 Å². The summed E-state index contributed by atoms with van der Waals surface area (Å²) < 4.78 is 0. The second-order valence-electron chi connectivity index (χ2n) is 2.98.